The van der Waals surface area contributed by atoms with Gasteiger partial charge in [0, 0.05) is 30.7 Å². The molecule has 2 spiro atoms. The third kappa shape index (κ3) is 7.47. The standard InChI is InChI=1S/C44H70N4O6/c1-8-15-30(36(51)34(50)24-28-19-20-28)25-33(49)32-26-44(42(6,7)43(44)21-14-22-43)27-48(32)40(54)37(41(3,4)5)46-39(53)35(29-16-11-10-12-17-29)45-38(52)31-18-13-23-47(31)9-2/h28-32,35,37H,8-27H2,1-7H3,(H,45,52)(H,46,53)/t30-,31+,32?,35+,37-,44-/m1/s1. The number of likely N-dealkylation sites (tertiary alicyclic amines) is 2. The topological polar surface area (TPSA) is 133 Å². The first-order chi connectivity index (χ1) is 25.5. The van der Waals surface area contributed by atoms with Gasteiger partial charge in [-0.2, -0.15) is 0 Å². The fourth-order valence-electron chi connectivity index (χ4n) is 11.7. The Kier molecular flexibility index (Phi) is 11.9. The van der Waals surface area contributed by atoms with Crippen LogP contribution in [-0.4, -0.2) is 88.7 Å². The number of ketones is 3. The molecule has 2 saturated heterocycles. The van der Waals surface area contributed by atoms with E-state index in [9.17, 15) is 24.0 Å². The van der Waals surface area contributed by atoms with Crippen LogP contribution < -0.4 is 10.6 Å². The van der Waals surface area contributed by atoms with E-state index in [2.05, 4.69) is 36.3 Å². The molecule has 0 bridgehead atoms. The molecular formula is C44H70N4O6. The zero-order valence-electron chi connectivity index (χ0n) is 34.5. The minimum atomic E-state index is -0.926. The zero-order valence-corrected chi connectivity index (χ0v) is 34.5. The number of hydrogen-bond acceptors (Lipinski definition) is 7. The lowest BCUT2D eigenvalue weighted by Crippen LogP contribution is -2.62. The average Bonchev–Trinajstić information content (AvgIpc) is 3.79. The van der Waals surface area contributed by atoms with Crippen LogP contribution in [0.3, 0.4) is 0 Å². The highest BCUT2D eigenvalue weighted by Crippen LogP contribution is 2.88. The summed E-state index contributed by atoms with van der Waals surface area (Å²) in [4.78, 5) is 88.3. The molecule has 0 aromatic heterocycles. The quantitative estimate of drug-likeness (QED) is 0.180. The van der Waals surface area contributed by atoms with E-state index in [0.29, 0.717) is 31.7 Å². The molecule has 0 aromatic carbocycles. The van der Waals surface area contributed by atoms with Gasteiger partial charge in [-0.1, -0.05) is 80.6 Å². The molecule has 4 saturated carbocycles. The summed E-state index contributed by atoms with van der Waals surface area (Å²) in [7, 11) is 0. The van der Waals surface area contributed by atoms with Crippen molar-refractivity contribution in [1.29, 1.82) is 0 Å². The number of likely N-dealkylation sites (N-methyl/N-ethyl adjacent to an activating group) is 1. The predicted octanol–water partition coefficient (Wildman–Crippen LogP) is 6.18. The fraction of sp³-hybridized carbons (Fsp3) is 0.864. The molecule has 1 unspecified atom stereocenters. The summed E-state index contributed by atoms with van der Waals surface area (Å²) in [6, 6.07) is -2.65. The highest BCUT2D eigenvalue weighted by molar-refractivity contribution is 6.38. The van der Waals surface area contributed by atoms with Crippen LogP contribution in [0.4, 0.5) is 0 Å². The van der Waals surface area contributed by atoms with Crippen LogP contribution in [0.5, 0.6) is 0 Å². The Morgan fingerprint density at radius 2 is 1.50 bits per heavy atom. The third-order valence-electron chi connectivity index (χ3n) is 15.5. The van der Waals surface area contributed by atoms with Crippen molar-refractivity contribution in [1.82, 2.24) is 20.4 Å². The smallest absolute Gasteiger partial charge is 0.246 e. The van der Waals surface area contributed by atoms with Crippen LogP contribution in [0.15, 0.2) is 0 Å². The summed E-state index contributed by atoms with van der Waals surface area (Å²) < 4.78 is 0. The maximum Gasteiger partial charge on any atom is 0.246 e. The zero-order chi connectivity index (χ0) is 39.2. The van der Waals surface area contributed by atoms with Gasteiger partial charge >= 0.3 is 0 Å². The lowest BCUT2D eigenvalue weighted by molar-refractivity contribution is -0.145. The molecule has 3 amide bonds. The summed E-state index contributed by atoms with van der Waals surface area (Å²) >= 11 is 0. The van der Waals surface area contributed by atoms with Crippen molar-refractivity contribution in [3.63, 3.8) is 0 Å². The molecule has 6 rings (SSSR count). The Labute approximate surface area is 324 Å². The predicted molar refractivity (Wildman–Crippen MR) is 208 cm³/mol. The van der Waals surface area contributed by atoms with Gasteiger partial charge < -0.3 is 15.5 Å². The van der Waals surface area contributed by atoms with Gasteiger partial charge in [0.25, 0.3) is 0 Å². The van der Waals surface area contributed by atoms with Crippen molar-refractivity contribution in [3.05, 3.63) is 0 Å². The molecule has 6 aliphatic rings. The van der Waals surface area contributed by atoms with Gasteiger partial charge in [0.2, 0.25) is 23.5 Å². The molecule has 6 fully saturated rings. The van der Waals surface area contributed by atoms with Crippen molar-refractivity contribution in [2.75, 3.05) is 19.6 Å². The van der Waals surface area contributed by atoms with Crippen molar-refractivity contribution in [2.45, 2.75) is 182 Å². The summed E-state index contributed by atoms with van der Waals surface area (Å²) in [6.07, 6.45) is 13.7. The second kappa shape index (κ2) is 15.7. The molecule has 0 aromatic rings. The van der Waals surface area contributed by atoms with Crippen LogP contribution in [0.25, 0.3) is 0 Å². The largest absolute Gasteiger partial charge is 0.343 e. The Morgan fingerprint density at radius 1 is 0.815 bits per heavy atom. The minimum absolute atomic E-state index is 0.0133. The van der Waals surface area contributed by atoms with Gasteiger partial charge in [-0.3, -0.25) is 33.7 Å². The first-order valence-electron chi connectivity index (χ1n) is 21.8. The van der Waals surface area contributed by atoms with E-state index in [1.165, 1.54) is 0 Å². The van der Waals surface area contributed by atoms with Crippen molar-refractivity contribution in [2.24, 2.45) is 39.4 Å². The lowest BCUT2D eigenvalue weighted by Gasteiger charge is -2.38. The number of nitrogens with one attached hydrogen (secondary N) is 2. The van der Waals surface area contributed by atoms with Gasteiger partial charge in [-0.05, 0) is 105 Å². The van der Waals surface area contributed by atoms with E-state index < -0.39 is 35.2 Å². The fourth-order valence-corrected chi connectivity index (χ4v) is 11.7. The second-order valence-corrected chi connectivity index (χ2v) is 19.9. The average molecular weight is 751 g/mol. The summed E-state index contributed by atoms with van der Waals surface area (Å²) in [5, 5.41) is 6.36. The van der Waals surface area contributed by atoms with E-state index in [1.54, 1.807) is 4.90 Å². The first kappa shape index (κ1) is 41.0. The van der Waals surface area contributed by atoms with Gasteiger partial charge in [0.1, 0.15) is 12.1 Å². The maximum absolute atomic E-state index is 15.1. The van der Waals surface area contributed by atoms with E-state index in [1.807, 2.05) is 27.7 Å². The molecular weight excluding hydrogens is 681 g/mol. The summed E-state index contributed by atoms with van der Waals surface area (Å²) in [5.41, 5.74) is -0.868. The molecule has 4 aliphatic carbocycles. The molecule has 302 valence electrons. The summed E-state index contributed by atoms with van der Waals surface area (Å²) in [5.74, 6) is -2.04. The van der Waals surface area contributed by atoms with E-state index >= 15 is 4.79 Å². The first-order valence-corrected chi connectivity index (χ1v) is 21.8. The Bertz CT molecular complexity index is 1470. The van der Waals surface area contributed by atoms with Crippen molar-refractivity contribution in [3.8, 4) is 0 Å². The minimum Gasteiger partial charge on any atom is -0.343 e. The van der Waals surface area contributed by atoms with Crippen LogP contribution in [0, 0.1) is 39.4 Å². The Morgan fingerprint density at radius 3 is 2.06 bits per heavy atom. The monoisotopic (exact) mass is 751 g/mol. The number of amides is 3. The molecule has 0 radical (unpaired) electrons. The molecule has 2 heterocycles. The van der Waals surface area contributed by atoms with Crippen molar-refractivity contribution < 1.29 is 28.8 Å². The third-order valence-corrected chi connectivity index (χ3v) is 15.5. The van der Waals surface area contributed by atoms with Crippen LogP contribution >= 0.6 is 0 Å². The molecule has 2 N–H and O–H groups in total. The summed E-state index contributed by atoms with van der Waals surface area (Å²) in [6.45, 7) is 16.5. The van der Waals surface area contributed by atoms with Gasteiger partial charge in [0.05, 0.1) is 12.1 Å². The Hall–Kier alpha value is -2.62. The maximum atomic E-state index is 15.1. The number of carbonyl (C=O) groups is 6. The van der Waals surface area contributed by atoms with Crippen LogP contribution in [0.1, 0.15) is 158 Å². The Balaban J connectivity index is 1.25. The number of carbonyl (C=O) groups excluding carboxylic acids is 6. The lowest BCUT2D eigenvalue weighted by atomic mass is 9.73. The van der Waals surface area contributed by atoms with E-state index in [0.717, 1.165) is 90.1 Å². The molecule has 6 atom stereocenters. The van der Waals surface area contributed by atoms with Crippen LogP contribution in [-0.2, 0) is 28.8 Å². The number of fused-ring (bicyclic) bond motifs is 1. The number of rotatable bonds is 16. The number of nitrogens with zero attached hydrogens (tertiary/aromatic N) is 2. The molecule has 54 heavy (non-hydrogen) atoms. The highest BCUT2D eigenvalue weighted by Gasteiger charge is 2.85. The number of hydrogen-bond donors (Lipinski definition) is 2. The SMILES string of the molecule is CCC[C@H](CC(=O)C1C[C@@]2(CN1C(=O)[C@@H](NC(=O)[C@@H](NC(=O)[C@@H]1CCCN1CC)C1CCCCC1)C(C)(C)C)C(C)(C)C21CCC1)C(=O)C(=O)CC1CC1. The van der Waals surface area contributed by atoms with Gasteiger partial charge in [-0.15, -0.1) is 0 Å². The van der Waals surface area contributed by atoms with E-state index in [4.69, 9.17) is 0 Å². The molecule has 2 aliphatic heterocycles. The van der Waals surface area contributed by atoms with Gasteiger partial charge in [0.15, 0.2) is 11.6 Å². The second-order valence-electron chi connectivity index (χ2n) is 19.9. The number of Topliss-reactive ketones (excluding diaryl/α,β-unsaturated/α-hetero) is 3. The molecule has 10 nitrogen and oxygen atoms in total. The normalized spacial score (nSPS) is 29.4. The van der Waals surface area contributed by atoms with Crippen molar-refractivity contribution >= 4 is 35.1 Å². The van der Waals surface area contributed by atoms with Crippen LogP contribution in [0.2, 0.25) is 0 Å². The highest BCUT2D eigenvalue weighted by atomic mass is 16.2. The molecule has 10 heteroatoms. The van der Waals surface area contributed by atoms with E-state index in [-0.39, 0.29) is 70.3 Å². The van der Waals surface area contributed by atoms with Gasteiger partial charge in [-0.25, -0.2) is 0 Å².